The second-order valence-electron chi connectivity index (χ2n) is 6.14. The number of ether oxygens (including phenoxy) is 3. The van der Waals surface area contributed by atoms with Gasteiger partial charge in [0.15, 0.2) is 11.5 Å². The van der Waals surface area contributed by atoms with Gasteiger partial charge >= 0.3 is 0 Å². The summed E-state index contributed by atoms with van der Waals surface area (Å²) >= 11 is 0. The fourth-order valence-corrected chi connectivity index (χ4v) is 4.69. The Kier molecular flexibility index (Phi) is 7.71. The zero-order valence-corrected chi connectivity index (χ0v) is 18.0. The van der Waals surface area contributed by atoms with Gasteiger partial charge in [0.25, 0.3) is 0 Å². The molecule has 7 heteroatoms. The van der Waals surface area contributed by atoms with Crippen LogP contribution in [0.1, 0.15) is 39.3 Å². The summed E-state index contributed by atoms with van der Waals surface area (Å²) in [6.07, 6.45) is 0. The zero-order chi connectivity index (χ0) is 20.7. The van der Waals surface area contributed by atoms with Crippen LogP contribution < -0.4 is 14.2 Å². The van der Waals surface area contributed by atoms with Crippen LogP contribution in [0.4, 0.5) is 0 Å². The van der Waals surface area contributed by atoms with Crippen molar-refractivity contribution in [1.29, 1.82) is 0 Å². The van der Waals surface area contributed by atoms with Gasteiger partial charge < -0.3 is 14.2 Å². The molecule has 28 heavy (non-hydrogen) atoms. The average Bonchev–Trinajstić information content (AvgIpc) is 2.69. The molecule has 2 rings (SSSR count). The van der Waals surface area contributed by atoms with Gasteiger partial charge in [-0.15, -0.1) is 0 Å². The van der Waals surface area contributed by atoms with E-state index in [1.807, 2.05) is 52.0 Å². The molecule has 0 aliphatic rings. The molecule has 0 aliphatic heterocycles. The number of hydrogen-bond acceptors (Lipinski definition) is 5. The quantitative estimate of drug-likeness (QED) is 0.589. The predicted molar refractivity (Wildman–Crippen MR) is 110 cm³/mol. The van der Waals surface area contributed by atoms with Crippen molar-refractivity contribution in [3.8, 4) is 17.2 Å². The lowest BCUT2D eigenvalue weighted by Gasteiger charge is -2.28. The Morgan fingerprint density at radius 1 is 0.964 bits per heavy atom. The minimum atomic E-state index is -3.73. The number of rotatable bonds is 10. The highest BCUT2D eigenvalue weighted by atomic mass is 32.2. The lowest BCUT2D eigenvalue weighted by molar-refractivity contribution is 0.286. The summed E-state index contributed by atoms with van der Waals surface area (Å²) in [6, 6.07) is 11.8. The topological polar surface area (TPSA) is 65.1 Å². The molecule has 0 radical (unpaired) electrons. The van der Waals surface area contributed by atoms with Gasteiger partial charge in [0.1, 0.15) is 5.75 Å². The Balaban J connectivity index is 2.43. The Labute approximate surface area is 168 Å². The number of sulfonamides is 1. The van der Waals surface area contributed by atoms with Crippen LogP contribution in [0.2, 0.25) is 0 Å². The van der Waals surface area contributed by atoms with E-state index in [4.69, 9.17) is 14.2 Å². The van der Waals surface area contributed by atoms with Crippen LogP contribution >= 0.6 is 0 Å². The summed E-state index contributed by atoms with van der Waals surface area (Å²) in [7, 11) is -2.14. The van der Waals surface area contributed by atoms with E-state index in [0.717, 1.165) is 5.56 Å². The highest BCUT2D eigenvalue weighted by Gasteiger charge is 2.29. The molecule has 0 aromatic heterocycles. The van der Waals surface area contributed by atoms with E-state index >= 15 is 0 Å². The van der Waals surface area contributed by atoms with Crippen molar-refractivity contribution < 1.29 is 22.6 Å². The van der Waals surface area contributed by atoms with Gasteiger partial charge in [0, 0.05) is 18.7 Å². The molecular formula is C21H29NO5S. The van der Waals surface area contributed by atoms with Crippen LogP contribution in [0.3, 0.4) is 0 Å². The van der Waals surface area contributed by atoms with Crippen molar-refractivity contribution in [2.75, 3.05) is 26.9 Å². The Morgan fingerprint density at radius 2 is 1.64 bits per heavy atom. The van der Waals surface area contributed by atoms with Gasteiger partial charge in [0.2, 0.25) is 10.0 Å². The third kappa shape index (κ3) is 4.77. The van der Waals surface area contributed by atoms with Crippen molar-refractivity contribution in [3.63, 3.8) is 0 Å². The number of benzene rings is 2. The third-order valence-corrected chi connectivity index (χ3v) is 6.48. The molecule has 154 valence electrons. The molecule has 0 aliphatic carbocycles. The minimum absolute atomic E-state index is 0.177. The molecule has 2 aromatic carbocycles. The molecule has 1 atom stereocenters. The van der Waals surface area contributed by atoms with E-state index in [0.29, 0.717) is 37.0 Å². The van der Waals surface area contributed by atoms with Crippen LogP contribution in [0, 0.1) is 0 Å². The van der Waals surface area contributed by atoms with Crippen LogP contribution in [0.25, 0.3) is 0 Å². The fourth-order valence-electron chi connectivity index (χ4n) is 3.05. The third-order valence-electron chi connectivity index (χ3n) is 4.44. The van der Waals surface area contributed by atoms with Crippen molar-refractivity contribution in [3.05, 3.63) is 48.0 Å². The average molecular weight is 408 g/mol. The summed E-state index contributed by atoms with van der Waals surface area (Å²) in [5.41, 5.74) is 0.862. The van der Waals surface area contributed by atoms with E-state index < -0.39 is 10.0 Å². The summed E-state index contributed by atoms with van der Waals surface area (Å²) in [4.78, 5) is 0.177. The maximum atomic E-state index is 13.4. The number of nitrogens with zero attached hydrogens (tertiary/aromatic N) is 1. The number of hydrogen-bond donors (Lipinski definition) is 0. The molecule has 0 saturated carbocycles. The van der Waals surface area contributed by atoms with E-state index in [9.17, 15) is 8.42 Å². The standard InChI is InChI=1S/C21H29NO5S/c1-6-22(16(4)17-10-9-11-18(14-17)25-5)28(23,24)19-12-13-20(26-7-2)21(15-19)27-8-3/h9-16H,6-8H2,1-5H3/t16-/m1/s1. The van der Waals surface area contributed by atoms with E-state index in [-0.39, 0.29) is 10.9 Å². The van der Waals surface area contributed by atoms with Crippen LogP contribution in [0.15, 0.2) is 47.4 Å². The fraction of sp³-hybridized carbons (Fsp3) is 0.429. The molecule has 2 aromatic rings. The molecule has 0 spiro atoms. The molecule has 0 heterocycles. The SMILES string of the molecule is CCOc1ccc(S(=O)(=O)N(CC)[C@H](C)c2cccc(OC)c2)cc1OCC. The van der Waals surface area contributed by atoms with Gasteiger partial charge in [-0.3, -0.25) is 0 Å². The first-order chi connectivity index (χ1) is 13.4. The van der Waals surface area contributed by atoms with E-state index in [1.54, 1.807) is 19.2 Å². The molecule has 0 unspecified atom stereocenters. The van der Waals surface area contributed by atoms with E-state index in [2.05, 4.69) is 0 Å². The van der Waals surface area contributed by atoms with Gasteiger partial charge in [0.05, 0.1) is 25.2 Å². The van der Waals surface area contributed by atoms with Crippen molar-refractivity contribution in [2.24, 2.45) is 0 Å². The van der Waals surface area contributed by atoms with Crippen molar-refractivity contribution in [1.82, 2.24) is 4.31 Å². The first-order valence-electron chi connectivity index (χ1n) is 9.44. The largest absolute Gasteiger partial charge is 0.497 e. The normalized spacial score (nSPS) is 12.6. The van der Waals surface area contributed by atoms with Gasteiger partial charge in [-0.2, -0.15) is 4.31 Å². The number of methoxy groups -OCH3 is 1. The summed E-state index contributed by atoms with van der Waals surface area (Å²) in [5.74, 6) is 1.65. The summed E-state index contributed by atoms with van der Waals surface area (Å²) in [6.45, 7) is 8.63. The van der Waals surface area contributed by atoms with Crippen LogP contribution in [0.5, 0.6) is 17.2 Å². The van der Waals surface area contributed by atoms with Crippen molar-refractivity contribution in [2.45, 2.75) is 38.6 Å². The van der Waals surface area contributed by atoms with E-state index in [1.165, 1.54) is 10.4 Å². The smallest absolute Gasteiger partial charge is 0.243 e. The van der Waals surface area contributed by atoms with Crippen LogP contribution in [-0.4, -0.2) is 39.6 Å². The Hall–Kier alpha value is -2.25. The monoisotopic (exact) mass is 407 g/mol. The maximum Gasteiger partial charge on any atom is 0.243 e. The maximum absolute atomic E-state index is 13.4. The van der Waals surface area contributed by atoms with Gasteiger partial charge in [-0.25, -0.2) is 8.42 Å². The Morgan fingerprint density at radius 3 is 2.25 bits per heavy atom. The summed E-state index contributed by atoms with van der Waals surface area (Å²) < 4.78 is 44.6. The molecule has 0 N–H and O–H groups in total. The van der Waals surface area contributed by atoms with Gasteiger partial charge in [-0.1, -0.05) is 19.1 Å². The lowest BCUT2D eigenvalue weighted by atomic mass is 10.1. The highest BCUT2D eigenvalue weighted by Crippen LogP contribution is 2.34. The predicted octanol–water partition coefficient (Wildman–Crippen LogP) is 4.26. The second kappa shape index (κ2) is 9.80. The second-order valence-corrected chi connectivity index (χ2v) is 8.03. The molecule has 0 bridgehead atoms. The first kappa shape index (κ1) is 22.0. The van der Waals surface area contributed by atoms with Crippen LogP contribution in [-0.2, 0) is 10.0 Å². The zero-order valence-electron chi connectivity index (χ0n) is 17.1. The first-order valence-corrected chi connectivity index (χ1v) is 10.9. The minimum Gasteiger partial charge on any atom is -0.497 e. The lowest BCUT2D eigenvalue weighted by Crippen LogP contribution is -2.33. The Bertz CT molecular complexity index is 882. The molecule has 0 fully saturated rings. The molecule has 6 nitrogen and oxygen atoms in total. The summed E-state index contributed by atoms with van der Waals surface area (Å²) in [5, 5.41) is 0. The van der Waals surface area contributed by atoms with Crippen molar-refractivity contribution >= 4 is 10.0 Å². The highest BCUT2D eigenvalue weighted by molar-refractivity contribution is 7.89. The van der Waals surface area contributed by atoms with Gasteiger partial charge in [-0.05, 0) is 50.6 Å². The molecule has 0 amide bonds. The molecule has 0 saturated heterocycles. The molecular weight excluding hydrogens is 378 g/mol.